The van der Waals surface area contributed by atoms with E-state index < -0.39 is 6.10 Å². The van der Waals surface area contributed by atoms with Gasteiger partial charge in [0.2, 0.25) is 0 Å². The van der Waals surface area contributed by atoms with Gasteiger partial charge in [0.1, 0.15) is 13.2 Å². The predicted octanol–water partition coefficient (Wildman–Crippen LogP) is 10.8. The number of rotatable bonds is 32. The summed E-state index contributed by atoms with van der Waals surface area (Å²) < 4.78 is 16.4. The molecule has 0 spiro atoms. The highest BCUT2D eigenvalue weighted by Crippen LogP contribution is 2.14. The van der Waals surface area contributed by atoms with Gasteiger partial charge in [0.05, 0.1) is 0 Å². The standard InChI is InChI=1S/C37H70O6/c1-5-7-9-11-12-13-18-22-26-30-37(40)43-34(31-41-35(38)28-24-19-10-8-6-2)32-42-36(39)29-25-21-17-15-14-16-20-23-27-33(3)4/h33-34H,5-32H2,1-4H3/t34-/m1/s1. The summed E-state index contributed by atoms with van der Waals surface area (Å²) in [5, 5.41) is 0. The summed E-state index contributed by atoms with van der Waals surface area (Å²) in [6, 6.07) is 0. The van der Waals surface area contributed by atoms with Gasteiger partial charge < -0.3 is 14.2 Å². The molecule has 6 nitrogen and oxygen atoms in total. The van der Waals surface area contributed by atoms with E-state index in [4.69, 9.17) is 14.2 Å². The van der Waals surface area contributed by atoms with Crippen molar-refractivity contribution >= 4 is 17.9 Å². The molecule has 0 aromatic rings. The van der Waals surface area contributed by atoms with E-state index in [2.05, 4.69) is 27.7 Å². The Morgan fingerprint density at radius 3 is 1.14 bits per heavy atom. The first-order chi connectivity index (χ1) is 20.9. The van der Waals surface area contributed by atoms with E-state index in [0.717, 1.165) is 70.1 Å². The summed E-state index contributed by atoms with van der Waals surface area (Å²) in [5.74, 6) is -0.0887. The van der Waals surface area contributed by atoms with Crippen molar-refractivity contribution in [3.8, 4) is 0 Å². The average Bonchev–Trinajstić information content (AvgIpc) is 2.98. The molecule has 0 aromatic heterocycles. The largest absolute Gasteiger partial charge is 0.462 e. The fourth-order valence-electron chi connectivity index (χ4n) is 5.21. The molecule has 0 saturated heterocycles. The minimum Gasteiger partial charge on any atom is -0.462 e. The Morgan fingerprint density at radius 2 is 0.767 bits per heavy atom. The van der Waals surface area contributed by atoms with Crippen LogP contribution in [0.5, 0.6) is 0 Å². The Bertz CT molecular complexity index is 647. The monoisotopic (exact) mass is 611 g/mol. The maximum atomic E-state index is 12.5. The molecule has 0 amide bonds. The van der Waals surface area contributed by atoms with Crippen molar-refractivity contribution < 1.29 is 28.6 Å². The fraction of sp³-hybridized carbons (Fsp3) is 0.919. The summed E-state index contributed by atoms with van der Waals surface area (Å²) in [6.07, 6.45) is 26.9. The summed E-state index contributed by atoms with van der Waals surface area (Å²) in [7, 11) is 0. The predicted molar refractivity (Wildman–Crippen MR) is 178 cm³/mol. The van der Waals surface area contributed by atoms with Gasteiger partial charge in [0.15, 0.2) is 6.10 Å². The molecule has 0 N–H and O–H groups in total. The van der Waals surface area contributed by atoms with E-state index in [1.54, 1.807) is 0 Å². The van der Waals surface area contributed by atoms with Gasteiger partial charge in [-0.1, -0.05) is 156 Å². The van der Waals surface area contributed by atoms with Gasteiger partial charge in [-0.05, 0) is 25.2 Å². The molecule has 43 heavy (non-hydrogen) atoms. The molecule has 0 aromatic carbocycles. The fourth-order valence-corrected chi connectivity index (χ4v) is 5.21. The first kappa shape index (κ1) is 41.4. The Balaban J connectivity index is 4.29. The van der Waals surface area contributed by atoms with E-state index in [-0.39, 0.29) is 31.1 Å². The molecule has 0 rings (SSSR count). The van der Waals surface area contributed by atoms with Crippen LogP contribution in [-0.4, -0.2) is 37.2 Å². The third-order valence-corrected chi connectivity index (χ3v) is 8.04. The third-order valence-electron chi connectivity index (χ3n) is 8.04. The van der Waals surface area contributed by atoms with E-state index in [0.29, 0.717) is 19.3 Å². The summed E-state index contributed by atoms with van der Waals surface area (Å²) >= 11 is 0. The van der Waals surface area contributed by atoms with E-state index in [1.807, 2.05) is 0 Å². The lowest BCUT2D eigenvalue weighted by molar-refractivity contribution is -0.167. The van der Waals surface area contributed by atoms with Crippen LogP contribution in [0.1, 0.15) is 195 Å². The molecule has 254 valence electrons. The van der Waals surface area contributed by atoms with E-state index in [1.165, 1.54) is 83.5 Å². The number of hydrogen-bond donors (Lipinski definition) is 0. The second-order valence-electron chi connectivity index (χ2n) is 13.0. The highest BCUT2D eigenvalue weighted by molar-refractivity contribution is 5.71. The van der Waals surface area contributed by atoms with Crippen LogP contribution in [0.4, 0.5) is 0 Å². The van der Waals surface area contributed by atoms with Crippen molar-refractivity contribution in [2.75, 3.05) is 13.2 Å². The molecular formula is C37H70O6. The van der Waals surface area contributed by atoms with Gasteiger partial charge in [-0.15, -0.1) is 0 Å². The molecule has 0 aliphatic carbocycles. The number of carbonyl (C=O) groups is 3. The number of ether oxygens (including phenoxy) is 3. The third kappa shape index (κ3) is 31.6. The second kappa shape index (κ2) is 31.8. The van der Waals surface area contributed by atoms with Crippen LogP contribution in [-0.2, 0) is 28.6 Å². The minimum atomic E-state index is -0.755. The zero-order valence-corrected chi connectivity index (χ0v) is 28.9. The minimum absolute atomic E-state index is 0.0670. The van der Waals surface area contributed by atoms with Crippen LogP contribution >= 0.6 is 0 Å². The van der Waals surface area contributed by atoms with Crippen molar-refractivity contribution in [1.82, 2.24) is 0 Å². The van der Waals surface area contributed by atoms with Crippen molar-refractivity contribution in [2.24, 2.45) is 5.92 Å². The van der Waals surface area contributed by atoms with Crippen LogP contribution in [0.15, 0.2) is 0 Å². The molecule has 6 heteroatoms. The average molecular weight is 611 g/mol. The number of carbonyl (C=O) groups excluding carboxylic acids is 3. The zero-order chi connectivity index (χ0) is 31.8. The number of unbranched alkanes of at least 4 members (excludes halogenated alkanes) is 19. The lowest BCUT2D eigenvalue weighted by Gasteiger charge is -2.18. The molecule has 0 aliphatic rings. The molecule has 0 bridgehead atoms. The van der Waals surface area contributed by atoms with Crippen molar-refractivity contribution in [3.05, 3.63) is 0 Å². The van der Waals surface area contributed by atoms with Crippen molar-refractivity contribution in [1.29, 1.82) is 0 Å². The quantitative estimate of drug-likeness (QED) is 0.0428. The highest BCUT2D eigenvalue weighted by atomic mass is 16.6. The van der Waals surface area contributed by atoms with Gasteiger partial charge in [0.25, 0.3) is 0 Å². The van der Waals surface area contributed by atoms with Crippen LogP contribution < -0.4 is 0 Å². The lowest BCUT2D eigenvalue weighted by atomic mass is 10.0. The Kier molecular flexibility index (Phi) is 30.6. The van der Waals surface area contributed by atoms with E-state index >= 15 is 0 Å². The first-order valence-corrected chi connectivity index (χ1v) is 18.4. The second-order valence-corrected chi connectivity index (χ2v) is 13.0. The van der Waals surface area contributed by atoms with Crippen LogP contribution in [0.2, 0.25) is 0 Å². The first-order valence-electron chi connectivity index (χ1n) is 18.4. The zero-order valence-electron chi connectivity index (χ0n) is 28.9. The smallest absolute Gasteiger partial charge is 0.306 e. The number of hydrogen-bond acceptors (Lipinski definition) is 6. The van der Waals surface area contributed by atoms with Gasteiger partial charge >= 0.3 is 17.9 Å². The topological polar surface area (TPSA) is 78.9 Å². The maximum absolute atomic E-state index is 12.5. The van der Waals surface area contributed by atoms with Crippen LogP contribution in [0.25, 0.3) is 0 Å². The van der Waals surface area contributed by atoms with Gasteiger partial charge in [0, 0.05) is 19.3 Å². The molecule has 0 radical (unpaired) electrons. The molecular weight excluding hydrogens is 540 g/mol. The van der Waals surface area contributed by atoms with Gasteiger partial charge in [-0.3, -0.25) is 14.4 Å². The maximum Gasteiger partial charge on any atom is 0.306 e. The van der Waals surface area contributed by atoms with Crippen LogP contribution in [0, 0.1) is 5.92 Å². The molecule has 0 fully saturated rings. The lowest BCUT2D eigenvalue weighted by Crippen LogP contribution is -2.30. The normalized spacial score (nSPS) is 11.9. The summed E-state index contributed by atoms with van der Waals surface area (Å²) in [6.45, 7) is 8.82. The molecule has 0 aliphatic heterocycles. The van der Waals surface area contributed by atoms with E-state index in [9.17, 15) is 14.4 Å². The Morgan fingerprint density at radius 1 is 0.442 bits per heavy atom. The Hall–Kier alpha value is -1.59. The summed E-state index contributed by atoms with van der Waals surface area (Å²) in [5.41, 5.74) is 0. The molecule has 1 atom stereocenters. The molecule has 0 heterocycles. The molecule has 0 unspecified atom stereocenters. The van der Waals surface area contributed by atoms with Crippen molar-refractivity contribution in [2.45, 2.75) is 201 Å². The van der Waals surface area contributed by atoms with Gasteiger partial charge in [-0.2, -0.15) is 0 Å². The highest BCUT2D eigenvalue weighted by Gasteiger charge is 2.19. The molecule has 0 saturated carbocycles. The van der Waals surface area contributed by atoms with Crippen molar-refractivity contribution in [3.63, 3.8) is 0 Å². The number of esters is 3. The Labute approximate surface area is 266 Å². The van der Waals surface area contributed by atoms with Crippen LogP contribution in [0.3, 0.4) is 0 Å². The summed E-state index contributed by atoms with van der Waals surface area (Å²) in [4.78, 5) is 37.1. The van der Waals surface area contributed by atoms with Gasteiger partial charge in [-0.25, -0.2) is 0 Å². The SMILES string of the molecule is CCCCCCCCCCCC(=O)O[C@H](COC(=O)CCCCCCC)COC(=O)CCCCCCCCCCC(C)C.